The summed E-state index contributed by atoms with van der Waals surface area (Å²) < 4.78 is 10.5. The van der Waals surface area contributed by atoms with E-state index >= 15 is 0 Å². The van der Waals surface area contributed by atoms with E-state index in [-0.39, 0.29) is 12.3 Å². The fraction of sp³-hybridized carbons (Fsp3) is 0.211. The van der Waals surface area contributed by atoms with Gasteiger partial charge in [-0.15, -0.1) is 0 Å². The van der Waals surface area contributed by atoms with Crippen molar-refractivity contribution in [3.05, 3.63) is 59.4 Å². The van der Waals surface area contributed by atoms with Crippen molar-refractivity contribution in [3.63, 3.8) is 0 Å². The third-order valence-corrected chi connectivity index (χ3v) is 5.28. The molecule has 0 aliphatic carbocycles. The lowest BCUT2D eigenvalue weighted by molar-refractivity contribution is -0.116. The molecule has 0 radical (unpaired) electrons. The number of carbonyl (C=O) groups excluding carboxylic acids is 1. The minimum atomic E-state index is -0.637. The highest BCUT2D eigenvalue weighted by atomic mass is 32.2. The van der Waals surface area contributed by atoms with Crippen molar-refractivity contribution in [3.8, 4) is 17.6 Å². The van der Waals surface area contributed by atoms with Gasteiger partial charge in [0, 0.05) is 36.3 Å². The Morgan fingerprint density at radius 2 is 2.15 bits per heavy atom. The zero-order chi connectivity index (χ0) is 19.3. The summed E-state index contributed by atoms with van der Waals surface area (Å²) in [6.45, 7) is 0. The van der Waals surface area contributed by atoms with Gasteiger partial charge in [-0.05, 0) is 11.5 Å². The normalized spacial score (nSPS) is 17.7. The van der Waals surface area contributed by atoms with Crippen LogP contribution in [0.2, 0.25) is 0 Å². The van der Waals surface area contributed by atoms with E-state index in [1.165, 1.54) is 32.0 Å². The number of nitrogens with zero attached hydrogens (tertiary/aromatic N) is 2. The zero-order valence-corrected chi connectivity index (χ0v) is 15.7. The van der Waals surface area contributed by atoms with Crippen LogP contribution in [0.5, 0.6) is 11.5 Å². The number of anilines is 1. The van der Waals surface area contributed by atoms with Crippen LogP contribution in [-0.4, -0.2) is 25.1 Å². The van der Waals surface area contributed by atoms with E-state index in [2.05, 4.69) is 21.7 Å². The second-order valence-corrected chi connectivity index (χ2v) is 6.93. The minimum absolute atomic E-state index is 0.148. The molecule has 0 spiro atoms. The first-order valence-corrected chi connectivity index (χ1v) is 8.97. The summed E-state index contributed by atoms with van der Waals surface area (Å²) >= 11 is 1.50. The fourth-order valence-corrected chi connectivity index (χ4v) is 3.77. The summed E-state index contributed by atoms with van der Waals surface area (Å²) in [7, 11) is 2.99. The van der Waals surface area contributed by atoms with Crippen LogP contribution in [0.3, 0.4) is 0 Å². The number of ether oxygens (including phenoxy) is 2. The maximum absolute atomic E-state index is 12.8. The summed E-state index contributed by atoms with van der Waals surface area (Å²) in [5, 5.41) is 17.4. The standard InChI is InChI=1S/C19H18N4O3S/c1-25-16-8-13(11-20)15(9-17(16)26-2)23-18(24)10-19(22-6-7-27-19)14-4-3-5-21-12-14/h3-9,12,22H,10H2,1-2H3,(H,23,24). The first-order chi connectivity index (χ1) is 13.1. The SMILES string of the molecule is COc1cc(C#N)c(NC(=O)CC2(c3cccnc3)NC=CS2)cc1OC. The molecule has 1 amide bonds. The van der Waals surface area contributed by atoms with Crippen LogP contribution in [-0.2, 0) is 9.67 Å². The number of hydrogen-bond donors (Lipinski definition) is 2. The van der Waals surface area contributed by atoms with E-state index < -0.39 is 4.87 Å². The fourth-order valence-electron chi connectivity index (χ4n) is 2.80. The molecule has 0 saturated heterocycles. The first-order valence-electron chi connectivity index (χ1n) is 8.09. The predicted molar refractivity (Wildman–Crippen MR) is 103 cm³/mol. The van der Waals surface area contributed by atoms with Crippen molar-refractivity contribution < 1.29 is 14.3 Å². The van der Waals surface area contributed by atoms with E-state index in [0.29, 0.717) is 22.7 Å². The van der Waals surface area contributed by atoms with Gasteiger partial charge in [0.05, 0.1) is 31.9 Å². The number of carbonyl (C=O) groups is 1. The number of nitrogens with one attached hydrogen (secondary N) is 2. The van der Waals surface area contributed by atoms with Crippen molar-refractivity contribution in [1.29, 1.82) is 5.26 Å². The largest absolute Gasteiger partial charge is 0.493 e. The molecule has 1 atom stereocenters. The molecule has 7 nitrogen and oxygen atoms in total. The molecule has 0 fully saturated rings. The van der Waals surface area contributed by atoms with Gasteiger partial charge in [0.1, 0.15) is 10.9 Å². The van der Waals surface area contributed by atoms with Gasteiger partial charge in [-0.25, -0.2) is 0 Å². The second-order valence-electron chi connectivity index (χ2n) is 5.72. The Bertz CT molecular complexity index is 901. The van der Waals surface area contributed by atoms with E-state index in [1.807, 2.05) is 23.7 Å². The van der Waals surface area contributed by atoms with Gasteiger partial charge in [0.25, 0.3) is 0 Å². The third-order valence-electron chi connectivity index (χ3n) is 4.11. The number of thioether (sulfide) groups is 1. The molecule has 1 unspecified atom stereocenters. The van der Waals surface area contributed by atoms with Crippen molar-refractivity contribution in [2.75, 3.05) is 19.5 Å². The molecule has 2 N–H and O–H groups in total. The number of methoxy groups -OCH3 is 2. The Morgan fingerprint density at radius 1 is 1.37 bits per heavy atom. The van der Waals surface area contributed by atoms with Crippen LogP contribution in [0.4, 0.5) is 5.69 Å². The number of benzene rings is 1. The van der Waals surface area contributed by atoms with Crippen LogP contribution >= 0.6 is 11.8 Å². The van der Waals surface area contributed by atoms with Crippen LogP contribution in [0.25, 0.3) is 0 Å². The summed E-state index contributed by atoms with van der Waals surface area (Å²) in [5.41, 5.74) is 1.56. The maximum Gasteiger partial charge on any atom is 0.228 e. The van der Waals surface area contributed by atoms with Gasteiger partial charge in [-0.3, -0.25) is 9.78 Å². The molecule has 138 valence electrons. The predicted octanol–water partition coefficient (Wildman–Crippen LogP) is 2.96. The van der Waals surface area contributed by atoms with E-state index in [9.17, 15) is 10.1 Å². The van der Waals surface area contributed by atoms with E-state index in [1.54, 1.807) is 18.5 Å². The van der Waals surface area contributed by atoms with E-state index in [0.717, 1.165) is 5.56 Å². The summed E-state index contributed by atoms with van der Waals surface area (Å²) in [5.74, 6) is 0.617. The Morgan fingerprint density at radius 3 is 2.74 bits per heavy atom. The lowest BCUT2D eigenvalue weighted by Gasteiger charge is -2.28. The van der Waals surface area contributed by atoms with Crippen LogP contribution < -0.4 is 20.1 Å². The average molecular weight is 382 g/mol. The number of rotatable bonds is 6. The summed E-state index contributed by atoms with van der Waals surface area (Å²) in [6, 6.07) is 8.94. The van der Waals surface area contributed by atoms with Crippen molar-refractivity contribution in [2.24, 2.45) is 0 Å². The molecular weight excluding hydrogens is 364 g/mol. The van der Waals surface area contributed by atoms with Gasteiger partial charge in [-0.1, -0.05) is 17.8 Å². The molecule has 1 aliphatic rings. The highest BCUT2D eigenvalue weighted by Crippen LogP contribution is 2.41. The molecule has 1 aliphatic heterocycles. The molecule has 2 aromatic rings. The quantitative estimate of drug-likeness (QED) is 0.793. The number of nitriles is 1. The zero-order valence-electron chi connectivity index (χ0n) is 14.9. The van der Waals surface area contributed by atoms with Crippen LogP contribution in [0, 0.1) is 11.3 Å². The van der Waals surface area contributed by atoms with Gasteiger partial charge >= 0.3 is 0 Å². The Labute approximate surface area is 161 Å². The smallest absolute Gasteiger partial charge is 0.228 e. The highest BCUT2D eigenvalue weighted by Gasteiger charge is 2.36. The van der Waals surface area contributed by atoms with E-state index in [4.69, 9.17) is 9.47 Å². The van der Waals surface area contributed by atoms with Crippen LogP contribution in [0.1, 0.15) is 17.5 Å². The molecule has 8 heteroatoms. The molecule has 27 heavy (non-hydrogen) atoms. The lowest BCUT2D eigenvalue weighted by atomic mass is 10.0. The molecule has 0 bridgehead atoms. The Hall–Kier alpha value is -3.18. The monoisotopic (exact) mass is 382 g/mol. The number of aromatic nitrogens is 1. The first kappa shape index (κ1) is 18.6. The van der Waals surface area contributed by atoms with Crippen molar-refractivity contribution >= 4 is 23.4 Å². The second kappa shape index (κ2) is 8.01. The molecule has 1 aromatic carbocycles. The minimum Gasteiger partial charge on any atom is -0.493 e. The van der Waals surface area contributed by atoms with Crippen molar-refractivity contribution in [2.45, 2.75) is 11.3 Å². The summed E-state index contributed by atoms with van der Waals surface area (Å²) in [4.78, 5) is 16.3. The Balaban J connectivity index is 1.84. The lowest BCUT2D eigenvalue weighted by Crippen LogP contribution is -2.37. The highest BCUT2D eigenvalue weighted by molar-refractivity contribution is 8.03. The Kier molecular flexibility index (Phi) is 5.52. The average Bonchev–Trinajstić information content (AvgIpc) is 3.17. The number of pyridine rings is 1. The molecule has 1 aromatic heterocycles. The topological polar surface area (TPSA) is 96.3 Å². The number of amides is 1. The summed E-state index contributed by atoms with van der Waals surface area (Å²) in [6.07, 6.45) is 5.38. The van der Waals surface area contributed by atoms with Crippen LogP contribution in [0.15, 0.2) is 48.3 Å². The van der Waals surface area contributed by atoms with Gasteiger partial charge in [0.2, 0.25) is 5.91 Å². The molecular formula is C19H18N4O3S. The number of hydrogen-bond acceptors (Lipinski definition) is 7. The van der Waals surface area contributed by atoms with Crippen molar-refractivity contribution in [1.82, 2.24) is 10.3 Å². The molecule has 3 rings (SSSR count). The van der Waals surface area contributed by atoms with Gasteiger partial charge in [-0.2, -0.15) is 5.26 Å². The van der Waals surface area contributed by atoms with Gasteiger partial charge < -0.3 is 20.1 Å². The maximum atomic E-state index is 12.8. The molecule has 0 saturated carbocycles. The van der Waals surface area contributed by atoms with Gasteiger partial charge in [0.15, 0.2) is 11.5 Å². The molecule has 2 heterocycles. The third kappa shape index (κ3) is 3.83.